The van der Waals surface area contributed by atoms with E-state index in [0.29, 0.717) is 36.2 Å². The molecule has 0 bridgehead atoms. The number of tetrazole rings is 1. The second-order valence-corrected chi connectivity index (χ2v) is 10.6. The molecule has 0 saturated heterocycles. The summed E-state index contributed by atoms with van der Waals surface area (Å²) in [6.45, 7) is 9.49. The predicted molar refractivity (Wildman–Crippen MR) is 145 cm³/mol. The lowest BCUT2D eigenvalue weighted by molar-refractivity contribution is 0.0391. The first kappa shape index (κ1) is 25.1. The fourth-order valence-electron chi connectivity index (χ4n) is 5.83. The number of aryl methyl sites for hydroxylation is 1. The van der Waals surface area contributed by atoms with E-state index in [2.05, 4.69) is 65.1 Å². The normalized spacial score (nSPS) is 19.3. The molecule has 3 atom stereocenters. The summed E-state index contributed by atoms with van der Waals surface area (Å²) in [7, 11) is 0. The lowest BCUT2D eigenvalue weighted by atomic mass is 9.64. The molecule has 0 amide bonds. The van der Waals surface area contributed by atoms with Crippen LogP contribution in [0.3, 0.4) is 0 Å². The van der Waals surface area contributed by atoms with Crippen LogP contribution in [0.5, 0.6) is 0 Å². The molecule has 1 aliphatic carbocycles. The fraction of sp³-hybridized carbons (Fsp3) is 0.483. The molecule has 37 heavy (non-hydrogen) atoms. The second kappa shape index (κ2) is 10.8. The van der Waals surface area contributed by atoms with Crippen LogP contribution in [0, 0.1) is 17.8 Å². The lowest BCUT2D eigenvalue weighted by Crippen LogP contribution is -2.45. The molecule has 4 aromatic rings. The number of rotatable bonds is 10. The van der Waals surface area contributed by atoms with E-state index < -0.39 is 0 Å². The van der Waals surface area contributed by atoms with E-state index >= 15 is 0 Å². The Kier molecular flexibility index (Phi) is 7.35. The minimum Gasteiger partial charge on any atom is -0.295 e. The van der Waals surface area contributed by atoms with Crippen LogP contribution in [0.2, 0.25) is 0 Å². The third-order valence-electron chi connectivity index (χ3n) is 8.05. The molecule has 0 spiro atoms. The Balaban J connectivity index is 1.44. The number of H-pyrrole nitrogens is 1. The number of aromatic amines is 1. The summed E-state index contributed by atoms with van der Waals surface area (Å²) in [6.07, 6.45) is 9.43. The molecule has 1 aromatic carbocycles. The van der Waals surface area contributed by atoms with Gasteiger partial charge in [0, 0.05) is 35.3 Å². The molecule has 3 unspecified atom stereocenters. The van der Waals surface area contributed by atoms with Gasteiger partial charge >= 0.3 is 5.69 Å². The summed E-state index contributed by atoms with van der Waals surface area (Å²) in [5.41, 5.74) is 5.00. The van der Waals surface area contributed by atoms with E-state index in [9.17, 15) is 4.79 Å². The minimum atomic E-state index is 0.106. The molecule has 8 nitrogen and oxygen atoms in total. The van der Waals surface area contributed by atoms with Gasteiger partial charge in [0.1, 0.15) is 0 Å². The summed E-state index contributed by atoms with van der Waals surface area (Å²) in [6, 6.07) is 12.4. The number of pyridine rings is 1. The second-order valence-electron chi connectivity index (χ2n) is 10.6. The van der Waals surface area contributed by atoms with Crippen molar-refractivity contribution in [3.63, 3.8) is 0 Å². The van der Waals surface area contributed by atoms with E-state index in [1.54, 1.807) is 0 Å². The first-order valence-electron chi connectivity index (χ1n) is 13.6. The van der Waals surface area contributed by atoms with Crippen molar-refractivity contribution >= 4 is 0 Å². The number of aromatic nitrogens is 7. The molecule has 1 N–H and O–H groups in total. The van der Waals surface area contributed by atoms with Crippen molar-refractivity contribution < 1.29 is 0 Å². The van der Waals surface area contributed by atoms with E-state index in [-0.39, 0.29) is 5.69 Å². The highest BCUT2D eigenvalue weighted by molar-refractivity contribution is 5.79. The van der Waals surface area contributed by atoms with Crippen LogP contribution in [0.4, 0.5) is 0 Å². The smallest absolute Gasteiger partial charge is 0.295 e. The number of nitrogens with one attached hydrogen (secondary N) is 1. The predicted octanol–water partition coefficient (Wildman–Crippen LogP) is 5.53. The number of unbranched alkanes of at least 4 members (excludes halogenated alkanes) is 1. The average Bonchev–Trinajstić information content (AvgIpc) is 3.52. The summed E-state index contributed by atoms with van der Waals surface area (Å²) in [5.74, 6) is 2.34. The number of hydrogen-bond acceptors (Lipinski definition) is 5. The highest BCUT2D eigenvalue weighted by Gasteiger charge is 2.43. The van der Waals surface area contributed by atoms with Crippen LogP contribution in [0.25, 0.3) is 22.5 Å². The van der Waals surface area contributed by atoms with Crippen LogP contribution in [0.15, 0.2) is 53.6 Å². The quantitative estimate of drug-likeness (QED) is 0.310. The lowest BCUT2D eigenvalue weighted by Gasteiger charge is -2.47. The number of benzene rings is 1. The van der Waals surface area contributed by atoms with Crippen molar-refractivity contribution in [1.29, 1.82) is 0 Å². The Morgan fingerprint density at radius 3 is 2.57 bits per heavy atom. The third-order valence-corrected chi connectivity index (χ3v) is 8.05. The van der Waals surface area contributed by atoms with Gasteiger partial charge in [0.25, 0.3) is 0 Å². The number of imidazole rings is 1. The van der Waals surface area contributed by atoms with Gasteiger partial charge in [-0.15, -0.1) is 5.10 Å². The maximum Gasteiger partial charge on any atom is 0.328 e. The maximum absolute atomic E-state index is 13.8. The van der Waals surface area contributed by atoms with Crippen molar-refractivity contribution in [2.24, 2.45) is 17.8 Å². The Morgan fingerprint density at radius 1 is 1.11 bits per heavy atom. The highest BCUT2D eigenvalue weighted by Crippen LogP contribution is 2.49. The van der Waals surface area contributed by atoms with Crippen LogP contribution < -0.4 is 5.69 Å². The molecular weight excluding hydrogens is 462 g/mol. The number of nitrogens with zero attached hydrogens (tertiary/aromatic N) is 6. The monoisotopic (exact) mass is 499 g/mol. The van der Waals surface area contributed by atoms with Gasteiger partial charge in [0.05, 0.1) is 12.2 Å². The van der Waals surface area contributed by atoms with Gasteiger partial charge in [-0.05, 0) is 59.1 Å². The van der Waals surface area contributed by atoms with Crippen molar-refractivity contribution in [3.05, 3.63) is 70.7 Å². The van der Waals surface area contributed by atoms with Crippen LogP contribution in [-0.2, 0) is 13.0 Å². The summed E-state index contributed by atoms with van der Waals surface area (Å²) in [5, 5.41) is 14.3. The van der Waals surface area contributed by atoms with E-state index in [1.165, 1.54) is 6.42 Å². The van der Waals surface area contributed by atoms with Gasteiger partial charge in [0.2, 0.25) is 0 Å². The zero-order chi connectivity index (χ0) is 25.9. The van der Waals surface area contributed by atoms with Gasteiger partial charge in [0.15, 0.2) is 5.82 Å². The average molecular weight is 500 g/mol. The van der Waals surface area contributed by atoms with Gasteiger partial charge in [-0.3, -0.25) is 14.1 Å². The van der Waals surface area contributed by atoms with E-state index in [4.69, 9.17) is 4.98 Å². The summed E-state index contributed by atoms with van der Waals surface area (Å²) < 4.78 is 4.01. The number of hydrogen-bond donors (Lipinski definition) is 1. The zero-order valence-corrected chi connectivity index (χ0v) is 22.3. The molecule has 1 aliphatic rings. The largest absolute Gasteiger partial charge is 0.328 e. The van der Waals surface area contributed by atoms with Crippen molar-refractivity contribution in [2.45, 2.75) is 72.4 Å². The molecule has 3 heterocycles. The van der Waals surface area contributed by atoms with Crippen LogP contribution >= 0.6 is 0 Å². The maximum atomic E-state index is 13.8. The molecule has 0 radical (unpaired) electrons. The molecule has 5 rings (SSSR count). The topological polar surface area (TPSA) is 94.3 Å². The SMILES string of the molecule is CCCCc1cn(C2C(CC)CC2C(C)C)c(=O)n1Cc1ccc(-c2ccccc2-c2nnn[nH]2)cn1. The molecule has 8 heteroatoms. The molecule has 1 saturated carbocycles. The van der Waals surface area contributed by atoms with Crippen molar-refractivity contribution in [2.75, 3.05) is 0 Å². The Morgan fingerprint density at radius 2 is 1.92 bits per heavy atom. The van der Waals surface area contributed by atoms with Crippen molar-refractivity contribution in [3.8, 4) is 22.5 Å². The van der Waals surface area contributed by atoms with Crippen LogP contribution in [-0.4, -0.2) is 34.7 Å². The Hall–Kier alpha value is -3.55. The molecule has 194 valence electrons. The summed E-state index contributed by atoms with van der Waals surface area (Å²) in [4.78, 5) is 18.5. The van der Waals surface area contributed by atoms with E-state index in [0.717, 1.165) is 53.8 Å². The third kappa shape index (κ3) is 4.89. The molecular formula is C29H37N7O. The standard InChI is InChI=1S/C29H37N7O/c1-5-7-10-23-18-36(27-20(6-2)15-26(27)19(3)4)29(37)35(23)17-22-14-13-21(16-30-22)24-11-8-9-12-25(24)28-31-33-34-32-28/h8-9,11-14,16,18-20,26-27H,5-7,10,15,17H2,1-4H3,(H,31,32,33,34). The zero-order valence-electron chi connectivity index (χ0n) is 22.3. The first-order valence-corrected chi connectivity index (χ1v) is 13.6. The first-order chi connectivity index (χ1) is 18.0. The van der Waals surface area contributed by atoms with Gasteiger partial charge in [-0.25, -0.2) is 9.89 Å². The van der Waals surface area contributed by atoms with Gasteiger partial charge < -0.3 is 0 Å². The van der Waals surface area contributed by atoms with Gasteiger partial charge in [-0.1, -0.05) is 70.9 Å². The molecule has 3 aromatic heterocycles. The van der Waals surface area contributed by atoms with E-state index in [1.807, 2.05) is 41.1 Å². The fourth-order valence-corrected chi connectivity index (χ4v) is 5.83. The minimum absolute atomic E-state index is 0.106. The Labute approximate surface area is 218 Å². The highest BCUT2D eigenvalue weighted by atomic mass is 16.1. The van der Waals surface area contributed by atoms with Crippen molar-refractivity contribution in [1.82, 2.24) is 34.7 Å². The summed E-state index contributed by atoms with van der Waals surface area (Å²) >= 11 is 0. The van der Waals surface area contributed by atoms with Gasteiger partial charge in [-0.2, -0.15) is 0 Å². The molecule has 1 fully saturated rings. The van der Waals surface area contributed by atoms with Crippen LogP contribution in [0.1, 0.15) is 70.8 Å². The Bertz CT molecular complexity index is 1370. The molecule has 0 aliphatic heterocycles.